The number of hydrogen-bond donors (Lipinski definition) is 1. The SMILES string of the molecule is Cc1cc(C(=O)N2CCC(N3CCNCC3)C2)c2c(C)noc2n1. The fraction of sp³-hybridized carbons (Fsp3) is 0.588. The first-order valence-corrected chi connectivity index (χ1v) is 8.61. The van der Waals surface area contributed by atoms with Crippen molar-refractivity contribution in [2.24, 2.45) is 0 Å². The van der Waals surface area contributed by atoms with Gasteiger partial charge in [-0.3, -0.25) is 9.69 Å². The summed E-state index contributed by atoms with van der Waals surface area (Å²) in [4.78, 5) is 21.9. The number of rotatable bonds is 2. The molecule has 0 saturated carbocycles. The lowest BCUT2D eigenvalue weighted by Gasteiger charge is -2.32. The average Bonchev–Trinajstić information content (AvgIpc) is 3.22. The minimum atomic E-state index is 0.0643. The third-order valence-corrected chi connectivity index (χ3v) is 5.09. The summed E-state index contributed by atoms with van der Waals surface area (Å²) in [6.45, 7) is 9.54. The summed E-state index contributed by atoms with van der Waals surface area (Å²) < 4.78 is 5.25. The first kappa shape index (κ1) is 15.5. The number of nitrogens with zero attached hydrogens (tertiary/aromatic N) is 4. The predicted molar refractivity (Wildman–Crippen MR) is 90.0 cm³/mol. The third-order valence-electron chi connectivity index (χ3n) is 5.09. The Bertz CT molecular complexity index is 766. The lowest BCUT2D eigenvalue weighted by Crippen LogP contribution is -2.49. The van der Waals surface area contributed by atoms with Crippen LogP contribution in [0.3, 0.4) is 0 Å². The van der Waals surface area contributed by atoms with Gasteiger partial charge in [-0.2, -0.15) is 0 Å². The first-order chi connectivity index (χ1) is 11.6. The Morgan fingerprint density at radius 3 is 2.88 bits per heavy atom. The second-order valence-corrected chi connectivity index (χ2v) is 6.74. The van der Waals surface area contributed by atoms with Gasteiger partial charge in [0.2, 0.25) is 0 Å². The molecule has 128 valence electrons. The van der Waals surface area contributed by atoms with Crippen molar-refractivity contribution in [3.05, 3.63) is 23.0 Å². The van der Waals surface area contributed by atoms with Crippen LogP contribution in [0.1, 0.15) is 28.2 Å². The molecule has 0 radical (unpaired) electrons. The Labute approximate surface area is 141 Å². The zero-order valence-electron chi connectivity index (χ0n) is 14.2. The van der Waals surface area contributed by atoms with E-state index in [4.69, 9.17) is 4.52 Å². The van der Waals surface area contributed by atoms with Gasteiger partial charge in [-0.25, -0.2) is 4.98 Å². The second kappa shape index (κ2) is 6.14. The van der Waals surface area contributed by atoms with Gasteiger partial charge in [0, 0.05) is 51.0 Å². The van der Waals surface area contributed by atoms with Crippen LogP contribution in [0.25, 0.3) is 11.1 Å². The number of hydrogen-bond acceptors (Lipinski definition) is 6. The molecule has 2 aliphatic heterocycles. The molecular weight excluding hydrogens is 306 g/mol. The van der Waals surface area contributed by atoms with Gasteiger partial charge in [-0.1, -0.05) is 5.16 Å². The van der Waals surface area contributed by atoms with Crippen LogP contribution in [0.5, 0.6) is 0 Å². The van der Waals surface area contributed by atoms with Gasteiger partial charge in [-0.15, -0.1) is 0 Å². The second-order valence-electron chi connectivity index (χ2n) is 6.74. The maximum Gasteiger partial charge on any atom is 0.258 e. The highest BCUT2D eigenvalue weighted by Crippen LogP contribution is 2.25. The molecule has 1 N–H and O–H groups in total. The molecule has 7 heteroatoms. The number of aromatic nitrogens is 2. The summed E-state index contributed by atoms with van der Waals surface area (Å²) in [5.74, 6) is 0.0643. The molecule has 0 spiro atoms. The molecule has 0 bridgehead atoms. The molecule has 2 aliphatic rings. The maximum atomic E-state index is 13.1. The smallest absolute Gasteiger partial charge is 0.258 e. The minimum Gasteiger partial charge on any atom is -0.337 e. The van der Waals surface area contributed by atoms with Crippen molar-refractivity contribution in [1.29, 1.82) is 0 Å². The standard InChI is InChI=1S/C17H23N5O2/c1-11-9-14(15-12(2)20-24-16(15)19-11)17(23)22-6-3-13(10-22)21-7-4-18-5-8-21/h9,13,18H,3-8,10H2,1-2H3. The summed E-state index contributed by atoms with van der Waals surface area (Å²) in [5, 5.41) is 8.10. The van der Waals surface area contributed by atoms with Crippen LogP contribution < -0.4 is 5.32 Å². The van der Waals surface area contributed by atoms with Crippen molar-refractivity contribution in [1.82, 2.24) is 25.3 Å². The Morgan fingerprint density at radius 1 is 1.29 bits per heavy atom. The molecule has 4 rings (SSSR count). The van der Waals surface area contributed by atoms with E-state index in [2.05, 4.69) is 20.4 Å². The molecule has 2 aromatic heterocycles. The number of aryl methyl sites for hydroxylation is 2. The van der Waals surface area contributed by atoms with Crippen molar-refractivity contribution >= 4 is 17.0 Å². The molecule has 0 aliphatic carbocycles. The van der Waals surface area contributed by atoms with E-state index in [-0.39, 0.29) is 5.91 Å². The van der Waals surface area contributed by atoms with Gasteiger partial charge < -0.3 is 14.7 Å². The third kappa shape index (κ3) is 2.67. The van der Waals surface area contributed by atoms with E-state index in [1.165, 1.54) is 0 Å². The minimum absolute atomic E-state index is 0.0643. The molecule has 7 nitrogen and oxygen atoms in total. The summed E-state index contributed by atoms with van der Waals surface area (Å²) in [6.07, 6.45) is 1.04. The van der Waals surface area contributed by atoms with Gasteiger partial charge in [0.15, 0.2) is 0 Å². The van der Waals surface area contributed by atoms with Crippen molar-refractivity contribution in [3.63, 3.8) is 0 Å². The normalized spacial score (nSPS) is 22.4. The predicted octanol–water partition coefficient (Wildman–Crippen LogP) is 0.959. The van der Waals surface area contributed by atoms with Crippen LogP contribution >= 0.6 is 0 Å². The highest BCUT2D eigenvalue weighted by Gasteiger charge is 2.32. The number of amides is 1. The largest absolute Gasteiger partial charge is 0.337 e. The van der Waals surface area contributed by atoms with Crippen LogP contribution in [0.15, 0.2) is 10.6 Å². The van der Waals surface area contributed by atoms with Gasteiger partial charge in [0.1, 0.15) is 0 Å². The van der Waals surface area contributed by atoms with Crippen LogP contribution in [0.4, 0.5) is 0 Å². The monoisotopic (exact) mass is 329 g/mol. The summed E-state index contributed by atoms with van der Waals surface area (Å²) in [6, 6.07) is 2.32. The van der Waals surface area contributed by atoms with Crippen molar-refractivity contribution < 1.29 is 9.32 Å². The Morgan fingerprint density at radius 2 is 2.08 bits per heavy atom. The fourth-order valence-corrected chi connectivity index (χ4v) is 3.83. The molecule has 1 amide bonds. The molecule has 24 heavy (non-hydrogen) atoms. The van der Waals surface area contributed by atoms with E-state index in [9.17, 15) is 4.79 Å². The summed E-state index contributed by atoms with van der Waals surface area (Å²) >= 11 is 0. The zero-order valence-corrected chi connectivity index (χ0v) is 14.2. The molecule has 2 saturated heterocycles. The van der Waals surface area contributed by atoms with E-state index in [1.54, 1.807) is 0 Å². The van der Waals surface area contributed by atoms with E-state index < -0.39 is 0 Å². The number of piperazine rings is 1. The quantitative estimate of drug-likeness (QED) is 0.884. The van der Waals surface area contributed by atoms with Crippen molar-refractivity contribution in [3.8, 4) is 0 Å². The van der Waals surface area contributed by atoms with Gasteiger partial charge in [0.25, 0.3) is 11.6 Å². The van der Waals surface area contributed by atoms with Crippen molar-refractivity contribution in [2.75, 3.05) is 39.3 Å². The van der Waals surface area contributed by atoms with E-state index in [0.717, 1.165) is 62.5 Å². The number of pyridine rings is 1. The first-order valence-electron chi connectivity index (χ1n) is 8.61. The molecular formula is C17H23N5O2. The Balaban J connectivity index is 1.57. The van der Waals surface area contributed by atoms with E-state index in [0.29, 0.717) is 17.3 Å². The Kier molecular flexibility index (Phi) is 3.97. The van der Waals surface area contributed by atoms with Crippen LogP contribution in [0, 0.1) is 13.8 Å². The number of likely N-dealkylation sites (tertiary alicyclic amines) is 1. The molecule has 2 fully saturated rings. The average molecular weight is 329 g/mol. The lowest BCUT2D eigenvalue weighted by molar-refractivity contribution is 0.0775. The summed E-state index contributed by atoms with van der Waals surface area (Å²) in [5.41, 5.74) is 2.62. The van der Waals surface area contributed by atoms with E-state index in [1.807, 2.05) is 24.8 Å². The zero-order chi connectivity index (χ0) is 16.7. The maximum absolute atomic E-state index is 13.1. The van der Waals surface area contributed by atoms with Crippen molar-refractivity contribution in [2.45, 2.75) is 26.3 Å². The van der Waals surface area contributed by atoms with Gasteiger partial charge in [0.05, 0.1) is 16.6 Å². The van der Waals surface area contributed by atoms with Crippen LogP contribution in [0.2, 0.25) is 0 Å². The highest BCUT2D eigenvalue weighted by molar-refractivity contribution is 6.06. The Hall–Kier alpha value is -1.99. The highest BCUT2D eigenvalue weighted by atomic mass is 16.5. The van der Waals surface area contributed by atoms with E-state index >= 15 is 0 Å². The number of carbonyl (C=O) groups is 1. The number of carbonyl (C=O) groups excluding carboxylic acids is 1. The molecule has 2 aromatic rings. The lowest BCUT2D eigenvalue weighted by atomic mass is 10.1. The fourth-order valence-electron chi connectivity index (χ4n) is 3.83. The molecule has 4 heterocycles. The van der Waals surface area contributed by atoms with Gasteiger partial charge >= 0.3 is 0 Å². The molecule has 1 unspecified atom stereocenters. The van der Waals surface area contributed by atoms with Crippen LogP contribution in [-0.4, -0.2) is 71.2 Å². The summed E-state index contributed by atoms with van der Waals surface area (Å²) in [7, 11) is 0. The topological polar surface area (TPSA) is 74.5 Å². The number of nitrogens with one attached hydrogen (secondary N) is 1. The van der Waals surface area contributed by atoms with Gasteiger partial charge in [-0.05, 0) is 26.3 Å². The molecule has 1 atom stereocenters. The van der Waals surface area contributed by atoms with Crippen LogP contribution in [-0.2, 0) is 0 Å². The number of fused-ring (bicyclic) bond motifs is 1. The molecule has 0 aromatic carbocycles.